The summed E-state index contributed by atoms with van der Waals surface area (Å²) in [5.41, 5.74) is 1.36. The Labute approximate surface area is 109 Å². The number of ether oxygens (including phenoxy) is 1. The largest absolute Gasteiger partial charge is 0.464 e. The molecule has 2 heterocycles. The summed E-state index contributed by atoms with van der Waals surface area (Å²) in [7, 11) is 3.23. The van der Waals surface area contributed by atoms with E-state index in [4.69, 9.17) is 0 Å². The van der Waals surface area contributed by atoms with Crippen LogP contribution in [0.4, 0.5) is 5.13 Å². The van der Waals surface area contributed by atoms with Crippen LogP contribution in [-0.4, -0.2) is 34.4 Å². The standard InChI is InChI=1S/C11H14N4O2S/c1-15-6-4-8(14-15)3-5-12-11-13-9(7-18-11)10(16)17-2/h4,6-7H,3,5H2,1-2H3,(H,12,13). The molecule has 6 nitrogen and oxygen atoms in total. The van der Waals surface area contributed by atoms with E-state index in [-0.39, 0.29) is 0 Å². The van der Waals surface area contributed by atoms with Crippen molar-refractivity contribution in [2.45, 2.75) is 6.42 Å². The number of aromatic nitrogens is 3. The van der Waals surface area contributed by atoms with E-state index < -0.39 is 5.97 Å². The summed E-state index contributed by atoms with van der Waals surface area (Å²) in [6.07, 6.45) is 2.72. The fourth-order valence-corrected chi connectivity index (χ4v) is 2.16. The highest BCUT2D eigenvalue weighted by molar-refractivity contribution is 7.13. The molecule has 0 aliphatic heterocycles. The first-order valence-electron chi connectivity index (χ1n) is 5.45. The summed E-state index contributed by atoms with van der Waals surface area (Å²) in [4.78, 5) is 15.3. The summed E-state index contributed by atoms with van der Waals surface area (Å²) in [5, 5.41) is 9.82. The highest BCUT2D eigenvalue weighted by atomic mass is 32.1. The number of methoxy groups -OCH3 is 1. The van der Waals surface area contributed by atoms with Gasteiger partial charge in [0.1, 0.15) is 0 Å². The number of hydrogen-bond donors (Lipinski definition) is 1. The van der Waals surface area contributed by atoms with Crippen molar-refractivity contribution < 1.29 is 9.53 Å². The Morgan fingerprint density at radius 1 is 1.61 bits per heavy atom. The number of aryl methyl sites for hydroxylation is 1. The molecule has 18 heavy (non-hydrogen) atoms. The number of esters is 1. The van der Waals surface area contributed by atoms with E-state index in [1.165, 1.54) is 18.4 Å². The zero-order valence-corrected chi connectivity index (χ0v) is 11.0. The van der Waals surface area contributed by atoms with E-state index in [1.807, 2.05) is 19.3 Å². The molecule has 2 aromatic rings. The van der Waals surface area contributed by atoms with Crippen LogP contribution in [0.5, 0.6) is 0 Å². The second-order valence-corrected chi connectivity index (χ2v) is 4.55. The Morgan fingerprint density at radius 2 is 2.44 bits per heavy atom. The van der Waals surface area contributed by atoms with Crippen molar-refractivity contribution in [1.29, 1.82) is 0 Å². The van der Waals surface area contributed by atoms with Gasteiger partial charge in [0.25, 0.3) is 0 Å². The first-order chi connectivity index (χ1) is 8.69. The van der Waals surface area contributed by atoms with Crippen LogP contribution in [0.25, 0.3) is 0 Å². The molecule has 1 N–H and O–H groups in total. The minimum absolute atomic E-state index is 0.336. The summed E-state index contributed by atoms with van der Waals surface area (Å²) < 4.78 is 6.36. The average molecular weight is 266 g/mol. The molecule has 96 valence electrons. The Balaban J connectivity index is 1.83. The molecule has 0 amide bonds. The van der Waals surface area contributed by atoms with Crippen LogP contribution in [0.15, 0.2) is 17.6 Å². The molecule has 0 bridgehead atoms. The SMILES string of the molecule is COC(=O)c1csc(NCCc2ccn(C)n2)n1. The lowest BCUT2D eigenvalue weighted by Gasteiger charge is -1.99. The van der Waals surface area contributed by atoms with E-state index in [1.54, 1.807) is 10.1 Å². The molecule has 2 rings (SSSR count). The maximum atomic E-state index is 11.2. The summed E-state index contributed by atoms with van der Waals surface area (Å²) in [5.74, 6) is -0.413. The van der Waals surface area contributed by atoms with Crippen LogP contribution in [0.2, 0.25) is 0 Å². The van der Waals surface area contributed by atoms with Gasteiger partial charge in [0.2, 0.25) is 0 Å². The maximum Gasteiger partial charge on any atom is 0.357 e. The van der Waals surface area contributed by atoms with Gasteiger partial charge in [-0.25, -0.2) is 9.78 Å². The van der Waals surface area contributed by atoms with Gasteiger partial charge in [-0.2, -0.15) is 5.10 Å². The fourth-order valence-electron chi connectivity index (χ4n) is 1.45. The second-order valence-electron chi connectivity index (χ2n) is 3.69. The lowest BCUT2D eigenvalue weighted by Crippen LogP contribution is -2.06. The molecule has 0 aliphatic rings. The predicted molar refractivity (Wildman–Crippen MR) is 68.9 cm³/mol. The minimum atomic E-state index is -0.413. The fraction of sp³-hybridized carbons (Fsp3) is 0.364. The van der Waals surface area contributed by atoms with E-state index >= 15 is 0 Å². The van der Waals surface area contributed by atoms with Gasteiger partial charge in [-0.3, -0.25) is 4.68 Å². The number of hydrogen-bond acceptors (Lipinski definition) is 6. The molecule has 0 saturated heterocycles. The van der Waals surface area contributed by atoms with Crippen molar-refractivity contribution in [3.05, 3.63) is 29.0 Å². The zero-order valence-electron chi connectivity index (χ0n) is 10.2. The molecule has 2 aromatic heterocycles. The Hall–Kier alpha value is -1.89. The topological polar surface area (TPSA) is 69.0 Å². The molecule has 0 fully saturated rings. The second kappa shape index (κ2) is 5.63. The number of anilines is 1. The summed E-state index contributed by atoms with van der Waals surface area (Å²) >= 11 is 1.38. The monoisotopic (exact) mass is 266 g/mol. The van der Waals surface area contributed by atoms with Gasteiger partial charge in [-0.05, 0) is 6.07 Å². The van der Waals surface area contributed by atoms with Crippen LogP contribution in [0, 0.1) is 0 Å². The summed E-state index contributed by atoms with van der Waals surface area (Å²) in [6, 6.07) is 1.98. The lowest BCUT2D eigenvalue weighted by molar-refractivity contribution is 0.0595. The molecular formula is C11H14N4O2S. The summed E-state index contributed by atoms with van der Waals surface area (Å²) in [6.45, 7) is 0.727. The third-order valence-corrected chi connectivity index (χ3v) is 3.12. The van der Waals surface area contributed by atoms with Crippen molar-refractivity contribution in [1.82, 2.24) is 14.8 Å². The van der Waals surface area contributed by atoms with Crippen molar-refractivity contribution in [2.75, 3.05) is 19.0 Å². The first-order valence-corrected chi connectivity index (χ1v) is 6.33. The highest BCUT2D eigenvalue weighted by Crippen LogP contribution is 2.15. The maximum absolute atomic E-state index is 11.2. The predicted octanol–water partition coefficient (Wildman–Crippen LogP) is 1.32. The Bertz CT molecular complexity index is 535. The molecular weight excluding hydrogens is 252 g/mol. The van der Waals surface area contributed by atoms with Crippen LogP contribution < -0.4 is 5.32 Å². The third kappa shape index (κ3) is 3.07. The highest BCUT2D eigenvalue weighted by Gasteiger charge is 2.10. The number of nitrogens with zero attached hydrogens (tertiary/aromatic N) is 3. The van der Waals surface area contributed by atoms with E-state index in [2.05, 4.69) is 20.1 Å². The number of nitrogens with one attached hydrogen (secondary N) is 1. The van der Waals surface area contributed by atoms with Crippen molar-refractivity contribution >= 4 is 22.4 Å². The van der Waals surface area contributed by atoms with Crippen LogP contribution in [0.3, 0.4) is 0 Å². The molecule has 0 radical (unpaired) electrons. The van der Waals surface area contributed by atoms with Crippen molar-refractivity contribution in [3.63, 3.8) is 0 Å². The smallest absolute Gasteiger partial charge is 0.357 e. The van der Waals surface area contributed by atoms with Gasteiger partial charge in [-0.1, -0.05) is 0 Å². The Kier molecular flexibility index (Phi) is 3.93. The van der Waals surface area contributed by atoms with Gasteiger partial charge in [0.05, 0.1) is 12.8 Å². The van der Waals surface area contributed by atoms with Gasteiger partial charge >= 0.3 is 5.97 Å². The van der Waals surface area contributed by atoms with E-state index in [9.17, 15) is 4.79 Å². The minimum Gasteiger partial charge on any atom is -0.464 e. The van der Waals surface area contributed by atoms with Crippen molar-refractivity contribution in [3.8, 4) is 0 Å². The molecule has 0 saturated carbocycles. The first kappa shape index (κ1) is 12.6. The third-order valence-electron chi connectivity index (χ3n) is 2.32. The van der Waals surface area contributed by atoms with Gasteiger partial charge < -0.3 is 10.1 Å². The average Bonchev–Trinajstić information content (AvgIpc) is 2.98. The molecule has 0 unspecified atom stereocenters. The Morgan fingerprint density at radius 3 is 3.11 bits per heavy atom. The van der Waals surface area contributed by atoms with Crippen LogP contribution >= 0.6 is 11.3 Å². The van der Waals surface area contributed by atoms with Crippen molar-refractivity contribution in [2.24, 2.45) is 7.05 Å². The van der Waals surface area contributed by atoms with Gasteiger partial charge in [0.15, 0.2) is 10.8 Å². The van der Waals surface area contributed by atoms with Gasteiger partial charge in [0, 0.05) is 31.6 Å². The molecule has 0 spiro atoms. The van der Waals surface area contributed by atoms with Crippen LogP contribution in [0.1, 0.15) is 16.2 Å². The quantitative estimate of drug-likeness (QED) is 0.827. The van der Waals surface area contributed by atoms with E-state index in [0.717, 1.165) is 18.7 Å². The molecule has 7 heteroatoms. The number of carbonyl (C=O) groups excluding carboxylic acids is 1. The molecule has 0 aromatic carbocycles. The zero-order chi connectivity index (χ0) is 13.0. The van der Waals surface area contributed by atoms with Crippen LogP contribution in [-0.2, 0) is 18.2 Å². The number of carbonyl (C=O) groups is 1. The van der Waals surface area contributed by atoms with E-state index in [0.29, 0.717) is 10.8 Å². The molecule has 0 atom stereocenters. The number of rotatable bonds is 5. The number of thiazole rings is 1. The van der Waals surface area contributed by atoms with Gasteiger partial charge in [-0.15, -0.1) is 11.3 Å². The molecule has 0 aliphatic carbocycles. The lowest BCUT2D eigenvalue weighted by atomic mass is 10.3. The normalized spacial score (nSPS) is 10.3.